The SMILES string of the molecule is CC1CCCN(CCNC(C)c2cccc(CO)c2)C1. The molecule has 0 saturated carbocycles. The van der Waals surface area contributed by atoms with Crippen molar-refractivity contribution in [3.8, 4) is 0 Å². The minimum atomic E-state index is 0.117. The van der Waals surface area contributed by atoms with Gasteiger partial charge in [-0.25, -0.2) is 0 Å². The lowest BCUT2D eigenvalue weighted by Gasteiger charge is -2.31. The fourth-order valence-electron chi connectivity index (χ4n) is 3.01. The van der Waals surface area contributed by atoms with Crippen LogP contribution in [0.3, 0.4) is 0 Å². The average Bonchev–Trinajstić information content (AvgIpc) is 2.47. The minimum absolute atomic E-state index is 0.117. The molecule has 3 heteroatoms. The predicted octanol–water partition coefficient (Wildman–Crippen LogP) is 2.56. The van der Waals surface area contributed by atoms with Gasteiger partial charge in [0, 0.05) is 25.7 Å². The Morgan fingerprint density at radius 3 is 3.05 bits per heavy atom. The summed E-state index contributed by atoms with van der Waals surface area (Å²) in [7, 11) is 0. The molecule has 1 aliphatic rings. The Bertz CT molecular complexity index is 408. The molecule has 2 atom stereocenters. The van der Waals surface area contributed by atoms with Crippen molar-refractivity contribution in [3.05, 3.63) is 35.4 Å². The number of aliphatic hydroxyl groups is 1. The molecule has 0 radical (unpaired) electrons. The number of piperidine rings is 1. The predicted molar refractivity (Wildman–Crippen MR) is 83.6 cm³/mol. The number of benzene rings is 1. The zero-order valence-electron chi connectivity index (χ0n) is 12.8. The summed E-state index contributed by atoms with van der Waals surface area (Å²) >= 11 is 0. The first-order valence-electron chi connectivity index (χ1n) is 7.84. The molecule has 0 spiro atoms. The number of likely N-dealkylation sites (tertiary alicyclic amines) is 1. The van der Waals surface area contributed by atoms with Gasteiger partial charge in [-0.2, -0.15) is 0 Å². The summed E-state index contributed by atoms with van der Waals surface area (Å²) < 4.78 is 0. The highest BCUT2D eigenvalue weighted by Crippen LogP contribution is 2.16. The number of nitrogens with one attached hydrogen (secondary N) is 1. The number of rotatable bonds is 6. The minimum Gasteiger partial charge on any atom is -0.392 e. The number of nitrogens with zero attached hydrogens (tertiary/aromatic N) is 1. The van der Waals surface area contributed by atoms with Gasteiger partial charge in [-0.1, -0.05) is 31.2 Å². The molecule has 1 saturated heterocycles. The van der Waals surface area contributed by atoms with Crippen molar-refractivity contribution >= 4 is 0 Å². The molecule has 0 aromatic heterocycles. The third kappa shape index (κ3) is 4.58. The zero-order chi connectivity index (χ0) is 14.4. The van der Waals surface area contributed by atoms with E-state index in [4.69, 9.17) is 0 Å². The van der Waals surface area contributed by atoms with Crippen LogP contribution in [0.5, 0.6) is 0 Å². The summed E-state index contributed by atoms with van der Waals surface area (Å²) in [6.07, 6.45) is 2.73. The lowest BCUT2D eigenvalue weighted by Crippen LogP contribution is -2.39. The third-order valence-corrected chi connectivity index (χ3v) is 4.25. The van der Waals surface area contributed by atoms with Gasteiger partial charge in [0.2, 0.25) is 0 Å². The van der Waals surface area contributed by atoms with Crippen LogP contribution in [0, 0.1) is 5.92 Å². The Morgan fingerprint density at radius 1 is 1.45 bits per heavy atom. The van der Waals surface area contributed by atoms with Crippen LogP contribution in [-0.2, 0) is 6.61 Å². The molecule has 0 bridgehead atoms. The van der Waals surface area contributed by atoms with Crippen LogP contribution in [0.1, 0.15) is 43.9 Å². The summed E-state index contributed by atoms with van der Waals surface area (Å²) in [5, 5.41) is 12.8. The lowest BCUT2D eigenvalue weighted by atomic mass is 10.0. The van der Waals surface area contributed by atoms with Gasteiger partial charge in [0.1, 0.15) is 0 Å². The molecule has 2 N–H and O–H groups in total. The lowest BCUT2D eigenvalue weighted by molar-refractivity contribution is 0.183. The van der Waals surface area contributed by atoms with Crippen LogP contribution in [0.4, 0.5) is 0 Å². The van der Waals surface area contributed by atoms with E-state index in [0.717, 1.165) is 24.6 Å². The quantitative estimate of drug-likeness (QED) is 0.838. The molecule has 20 heavy (non-hydrogen) atoms. The maximum Gasteiger partial charge on any atom is 0.0681 e. The van der Waals surface area contributed by atoms with Gasteiger partial charge >= 0.3 is 0 Å². The van der Waals surface area contributed by atoms with E-state index in [2.05, 4.69) is 36.2 Å². The molecule has 1 heterocycles. The van der Waals surface area contributed by atoms with Crippen LogP contribution in [-0.4, -0.2) is 36.2 Å². The molecule has 1 aromatic rings. The van der Waals surface area contributed by atoms with E-state index in [1.54, 1.807) is 0 Å². The second-order valence-corrected chi connectivity index (χ2v) is 6.13. The normalized spacial score (nSPS) is 21.9. The van der Waals surface area contributed by atoms with Crippen molar-refractivity contribution in [1.29, 1.82) is 0 Å². The van der Waals surface area contributed by atoms with Gasteiger partial charge in [0.15, 0.2) is 0 Å². The van der Waals surface area contributed by atoms with Gasteiger partial charge < -0.3 is 15.3 Å². The van der Waals surface area contributed by atoms with E-state index < -0.39 is 0 Å². The maximum absolute atomic E-state index is 9.19. The Balaban J connectivity index is 1.75. The van der Waals surface area contributed by atoms with E-state index in [1.165, 1.54) is 31.5 Å². The summed E-state index contributed by atoms with van der Waals surface area (Å²) in [6, 6.07) is 8.53. The Morgan fingerprint density at radius 2 is 2.30 bits per heavy atom. The first kappa shape index (κ1) is 15.5. The van der Waals surface area contributed by atoms with Crippen LogP contribution in [0.2, 0.25) is 0 Å². The summed E-state index contributed by atoms with van der Waals surface area (Å²) in [4.78, 5) is 2.57. The molecule has 0 amide bonds. The Kier molecular flexibility index (Phi) is 6.02. The molecule has 112 valence electrons. The molecule has 1 aliphatic heterocycles. The standard InChI is InChI=1S/C17H28N2O/c1-14-5-4-9-19(12-14)10-8-18-15(2)17-7-3-6-16(11-17)13-20/h3,6-7,11,14-15,18,20H,4-5,8-10,12-13H2,1-2H3. The van der Waals surface area contributed by atoms with Gasteiger partial charge in [-0.05, 0) is 43.4 Å². The fourth-order valence-corrected chi connectivity index (χ4v) is 3.01. The van der Waals surface area contributed by atoms with E-state index >= 15 is 0 Å². The second-order valence-electron chi connectivity index (χ2n) is 6.13. The highest BCUT2D eigenvalue weighted by Gasteiger charge is 2.15. The van der Waals surface area contributed by atoms with Gasteiger partial charge in [0.05, 0.1) is 6.61 Å². The van der Waals surface area contributed by atoms with Crippen molar-refractivity contribution in [3.63, 3.8) is 0 Å². The van der Waals surface area contributed by atoms with E-state index in [0.29, 0.717) is 6.04 Å². The van der Waals surface area contributed by atoms with E-state index in [1.807, 2.05) is 12.1 Å². The molecule has 2 rings (SSSR count). The van der Waals surface area contributed by atoms with Crippen LogP contribution < -0.4 is 5.32 Å². The van der Waals surface area contributed by atoms with Crippen molar-refractivity contribution in [1.82, 2.24) is 10.2 Å². The third-order valence-electron chi connectivity index (χ3n) is 4.25. The molecule has 1 aromatic carbocycles. The van der Waals surface area contributed by atoms with E-state index in [9.17, 15) is 5.11 Å². The highest BCUT2D eigenvalue weighted by atomic mass is 16.3. The molecule has 1 fully saturated rings. The van der Waals surface area contributed by atoms with Crippen molar-refractivity contribution in [2.75, 3.05) is 26.2 Å². The number of aliphatic hydroxyl groups excluding tert-OH is 1. The van der Waals surface area contributed by atoms with Crippen LogP contribution in [0.25, 0.3) is 0 Å². The van der Waals surface area contributed by atoms with Gasteiger partial charge in [0.25, 0.3) is 0 Å². The topological polar surface area (TPSA) is 35.5 Å². The first-order chi connectivity index (χ1) is 9.69. The zero-order valence-corrected chi connectivity index (χ0v) is 12.8. The Labute approximate surface area is 123 Å². The van der Waals surface area contributed by atoms with Crippen molar-refractivity contribution < 1.29 is 5.11 Å². The largest absolute Gasteiger partial charge is 0.392 e. The summed E-state index contributed by atoms with van der Waals surface area (Å²) in [6.45, 7) is 9.31. The van der Waals surface area contributed by atoms with Gasteiger partial charge in [-0.3, -0.25) is 0 Å². The monoisotopic (exact) mass is 276 g/mol. The van der Waals surface area contributed by atoms with Crippen LogP contribution >= 0.6 is 0 Å². The number of hydrogen-bond acceptors (Lipinski definition) is 3. The molecular weight excluding hydrogens is 248 g/mol. The Hall–Kier alpha value is -0.900. The number of hydrogen-bond donors (Lipinski definition) is 2. The molecule has 2 unspecified atom stereocenters. The fraction of sp³-hybridized carbons (Fsp3) is 0.647. The van der Waals surface area contributed by atoms with E-state index in [-0.39, 0.29) is 6.61 Å². The van der Waals surface area contributed by atoms with Crippen LogP contribution in [0.15, 0.2) is 24.3 Å². The summed E-state index contributed by atoms with van der Waals surface area (Å²) in [5.74, 6) is 0.849. The maximum atomic E-state index is 9.19. The van der Waals surface area contributed by atoms with Gasteiger partial charge in [-0.15, -0.1) is 0 Å². The highest BCUT2D eigenvalue weighted by molar-refractivity contribution is 5.25. The van der Waals surface area contributed by atoms with Crippen molar-refractivity contribution in [2.45, 2.75) is 39.3 Å². The first-order valence-corrected chi connectivity index (χ1v) is 7.84. The molecule has 0 aliphatic carbocycles. The average molecular weight is 276 g/mol. The summed E-state index contributed by atoms with van der Waals surface area (Å²) in [5.41, 5.74) is 2.24. The molecule has 3 nitrogen and oxygen atoms in total. The smallest absolute Gasteiger partial charge is 0.0681 e. The van der Waals surface area contributed by atoms with Crippen molar-refractivity contribution in [2.24, 2.45) is 5.92 Å². The molecular formula is C17H28N2O. The second kappa shape index (κ2) is 7.77.